The fourth-order valence-corrected chi connectivity index (χ4v) is 5.45. The molecule has 1 N–H and O–H groups in total. The number of hydrogen-bond acceptors (Lipinski definition) is 3. The van der Waals surface area contributed by atoms with Gasteiger partial charge in [-0.15, -0.1) is 0 Å². The quantitative estimate of drug-likeness (QED) is 0.384. The van der Waals surface area contributed by atoms with Crippen molar-refractivity contribution in [2.24, 2.45) is 5.41 Å². The van der Waals surface area contributed by atoms with Gasteiger partial charge < -0.3 is 5.32 Å². The predicted molar refractivity (Wildman–Crippen MR) is 127 cm³/mol. The molecule has 6 rings (SSSR count). The molecule has 3 aromatic carbocycles. The largest absolute Gasteiger partial charge is 0.373 e. The molecular formula is C28H24N2O. The van der Waals surface area contributed by atoms with Crippen molar-refractivity contribution < 1.29 is 4.79 Å². The van der Waals surface area contributed by atoms with Crippen LogP contribution in [0.1, 0.15) is 43.9 Å². The van der Waals surface area contributed by atoms with Gasteiger partial charge in [0.25, 0.3) is 0 Å². The second-order valence-electron chi connectivity index (χ2n) is 9.54. The Morgan fingerprint density at radius 1 is 0.903 bits per heavy atom. The number of aromatic nitrogens is 1. The molecule has 3 nitrogen and oxygen atoms in total. The fraction of sp³-hybridized carbons (Fsp3) is 0.214. The standard InChI is InChI=1S/C28H24N2O/c1-28(2)15-21-25-20-11-6-14-29-22(20)12-13-23(25)30-27(26(21)24(31)16-28)19-10-5-8-17-7-3-4-9-18(17)19/h3-14,27,30H,15-16H2,1-2H3. The first-order valence-electron chi connectivity index (χ1n) is 10.9. The number of Topliss-reactive ketones (excluding diaryl/α,β-unsaturated/α-hetero) is 1. The Labute approximate surface area is 181 Å². The molecule has 0 amide bonds. The average molecular weight is 405 g/mol. The monoisotopic (exact) mass is 404 g/mol. The molecule has 4 aromatic rings. The molecule has 0 spiro atoms. The number of ketones is 1. The van der Waals surface area contributed by atoms with Crippen LogP contribution >= 0.6 is 0 Å². The number of hydrogen-bond donors (Lipinski definition) is 1. The number of carbonyl (C=O) groups excluding carboxylic acids is 1. The summed E-state index contributed by atoms with van der Waals surface area (Å²) in [5, 5.41) is 7.25. The Hall–Kier alpha value is -3.46. The number of rotatable bonds is 1. The van der Waals surface area contributed by atoms with Crippen LogP contribution in [0.5, 0.6) is 0 Å². The normalized spacial score (nSPS) is 19.8. The molecular weight excluding hydrogens is 380 g/mol. The number of allylic oxidation sites excluding steroid dienone is 1. The van der Waals surface area contributed by atoms with Gasteiger partial charge in [-0.05, 0) is 51.9 Å². The van der Waals surface area contributed by atoms with Crippen LogP contribution in [0, 0.1) is 5.41 Å². The van der Waals surface area contributed by atoms with Crippen LogP contribution in [0.4, 0.5) is 5.69 Å². The van der Waals surface area contributed by atoms with E-state index in [4.69, 9.17) is 0 Å². The lowest BCUT2D eigenvalue weighted by atomic mass is 9.67. The van der Waals surface area contributed by atoms with Gasteiger partial charge in [-0.1, -0.05) is 62.4 Å². The lowest BCUT2D eigenvalue weighted by Crippen LogP contribution is -2.33. The van der Waals surface area contributed by atoms with Crippen molar-refractivity contribution in [2.75, 3.05) is 5.32 Å². The maximum atomic E-state index is 13.6. The lowest BCUT2D eigenvalue weighted by Gasteiger charge is -2.40. The summed E-state index contributed by atoms with van der Waals surface area (Å²) in [7, 11) is 0. The number of nitrogens with one attached hydrogen (secondary N) is 1. The third kappa shape index (κ3) is 2.80. The molecule has 1 aromatic heterocycles. The lowest BCUT2D eigenvalue weighted by molar-refractivity contribution is -0.118. The van der Waals surface area contributed by atoms with E-state index >= 15 is 0 Å². The number of carbonyl (C=O) groups is 1. The molecule has 2 heterocycles. The summed E-state index contributed by atoms with van der Waals surface area (Å²) in [4.78, 5) is 18.2. The smallest absolute Gasteiger partial charge is 0.162 e. The van der Waals surface area contributed by atoms with E-state index in [1.165, 1.54) is 16.3 Å². The number of benzene rings is 3. The molecule has 152 valence electrons. The first-order valence-corrected chi connectivity index (χ1v) is 10.9. The van der Waals surface area contributed by atoms with Gasteiger partial charge in [0, 0.05) is 34.8 Å². The van der Waals surface area contributed by atoms with E-state index in [1.807, 2.05) is 12.3 Å². The highest BCUT2D eigenvalue weighted by atomic mass is 16.1. The molecule has 0 saturated heterocycles. The predicted octanol–water partition coefficient (Wildman–Crippen LogP) is 6.70. The molecule has 1 aliphatic heterocycles. The van der Waals surface area contributed by atoms with Gasteiger partial charge in [0.15, 0.2) is 5.78 Å². The molecule has 2 aliphatic rings. The van der Waals surface area contributed by atoms with Gasteiger partial charge >= 0.3 is 0 Å². The third-order valence-electron chi connectivity index (χ3n) is 6.73. The van der Waals surface area contributed by atoms with Crippen LogP contribution in [0.15, 0.2) is 78.5 Å². The Morgan fingerprint density at radius 2 is 1.71 bits per heavy atom. The van der Waals surface area contributed by atoms with Crippen molar-refractivity contribution in [3.63, 3.8) is 0 Å². The van der Waals surface area contributed by atoms with Gasteiger partial charge in [-0.25, -0.2) is 0 Å². The van der Waals surface area contributed by atoms with Crippen molar-refractivity contribution in [3.8, 4) is 0 Å². The summed E-state index contributed by atoms with van der Waals surface area (Å²) >= 11 is 0. The number of pyridine rings is 1. The molecule has 31 heavy (non-hydrogen) atoms. The first-order chi connectivity index (χ1) is 15.0. The summed E-state index contributed by atoms with van der Waals surface area (Å²) in [5.74, 6) is 0.253. The Morgan fingerprint density at radius 3 is 2.61 bits per heavy atom. The molecule has 0 fully saturated rings. The molecule has 1 aliphatic carbocycles. The van der Waals surface area contributed by atoms with Gasteiger partial charge in [-0.2, -0.15) is 0 Å². The van der Waals surface area contributed by atoms with Crippen LogP contribution in [0.2, 0.25) is 0 Å². The summed E-state index contributed by atoms with van der Waals surface area (Å²) in [6.45, 7) is 4.40. The molecule has 1 atom stereocenters. The Bertz CT molecular complexity index is 1410. The van der Waals surface area contributed by atoms with Crippen molar-refractivity contribution in [1.82, 2.24) is 4.98 Å². The van der Waals surface area contributed by atoms with Crippen LogP contribution in [0.25, 0.3) is 27.2 Å². The van der Waals surface area contributed by atoms with Crippen LogP contribution < -0.4 is 5.32 Å². The maximum absolute atomic E-state index is 13.6. The van der Waals surface area contributed by atoms with Crippen molar-refractivity contribution in [2.45, 2.75) is 32.7 Å². The first kappa shape index (κ1) is 18.3. The van der Waals surface area contributed by atoms with Gasteiger partial charge in [-0.3, -0.25) is 9.78 Å². The van der Waals surface area contributed by atoms with Crippen LogP contribution in [-0.4, -0.2) is 10.8 Å². The minimum Gasteiger partial charge on any atom is -0.373 e. The van der Waals surface area contributed by atoms with Crippen LogP contribution in [0.3, 0.4) is 0 Å². The van der Waals surface area contributed by atoms with Crippen molar-refractivity contribution in [3.05, 3.63) is 89.6 Å². The molecule has 0 saturated carbocycles. The minimum atomic E-state index is -0.147. The van der Waals surface area contributed by atoms with E-state index in [1.54, 1.807) is 0 Å². The second kappa shape index (κ2) is 6.52. The van der Waals surface area contributed by atoms with Crippen LogP contribution in [-0.2, 0) is 4.79 Å². The number of fused-ring (bicyclic) bond motifs is 5. The van der Waals surface area contributed by atoms with E-state index in [0.29, 0.717) is 6.42 Å². The maximum Gasteiger partial charge on any atom is 0.162 e. The highest BCUT2D eigenvalue weighted by Gasteiger charge is 2.41. The summed E-state index contributed by atoms with van der Waals surface area (Å²) < 4.78 is 0. The van der Waals surface area contributed by atoms with Crippen molar-refractivity contribution >= 4 is 38.7 Å². The van der Waals surface area contributed by atoms with Gasteiger partial charge in [0.05, 0.1) is 11.6 Å². The van der Waals surface area contributed by atoms with E-state index in [9.17, 15) is 4.79 Å². The van der Waals surface area contributed by atoms with Gasteiger partial charge in [0.2, 0.25) is 0 Å². The Balaban J connectivity index is 1.67. The topological polar surface area (TPSA) is 42.0 Å². The molecule has 3 heteroatoms. The minimum absolute atomic E-state index is 0.0573. The summed E-state index contributed by atoms with van der Waals surface area (Å²) in [6.07, 6.45) is 3.29. The zero-order valence-corrected chi connectivity index (χ0v) is 17.8. The van der Waals surface area contributed by atoms with Gasteiger partial charge in [0.1, 0.15) is 0 Å². The molecule has 1 unspecified atom stereocenters. The number of anilines is 1. The third-order valence-corrected chi connectivity index (χ3v) is 6.73. The van der Waals surface area contributed by atoms with E-state index in [2.05, 4.69) is 84.8 Å². The van der Waals surface area contributed by atoms with E-state index in [-0.39, 0.29) is 17.2 Å². The molecule has 0 bridgehead atoms. The average Bonchev–Trinajstić information content (AvgIpc) is 2.77. The highest BCUT2D eigenvalue weighted by Crippen LogP contribution is 2.52. The molecule has 0 radical (unpaired) electrons. The summed E-state index contributed by atoms with van der Waals surface area (Å²) in [5.41, 5.74) is 6.43. The summed E-state index contributed by atoms with van der Waals surface area (Å²) in [6, 6.07) is 23.0. The fourth-order valence-electron chi connectivity index (χ4n) is 5.45. The van der Waals surface area contributed by atoms with Crippen molar-refractivity contribution in [1.29, 1.82) is 0 Å². The zero-order valence-electron chi connectivity index (χ0n) is 17.8. The zero-order chi connectivity index (χ0) is 21.2. The van der Waals surface area contributed by atoms with E-state index < -0.39 is 0 Å². The second-order valence-corrected chi connectivity index (χ2v) is 9.54. The van der Waals surface area contributed by atoms with E-state index in [0.717, 1.165) is 39.7 Å². The Kier molecular flexibility index (Phi) is 3.85. The SMILES string of the molecule is CC1(C)CC(=O)C2=C(C1)c1c(ccc3ncccc13)NC2c1cccc2ccccc12. The number of nitrogens with zero attached hydrogens (tertiary/aromatic N) is 1. The highest BCUT2D eigenvalue weighted by molar-refractivity contribution is 6.13.